The van der Waals surface area contributed by atoms with Crippen LogP contribution in [-0.2, 0) is 14.9 Å². The van der Waals surface area contributed by atoms with E-state index in [0.29, 0.717) is 0 Å². The molecule has 0 saturated heterocycles. The minimum absolute atomic E-state index is 0.152. The van der Waals surface area contributed by atoms with Crippen LogP contribution in [0.25, 0.3) is 0 Å². The average molecular weight is 295 g/mol. The molecule has 1 aromatic rings. The van der Waals surface area contributed by atoms with Gasteiger partial charge in [0, 0.05) is 22.6 Å². The number of benzene rings is 1. The lowest BCUT2D eigenvalue weighted by Crippen LogP contribution is -2.04. The van der Waals surface area contributed by atoms with Crippen LogP contribution in [0.3, 0.4) is 0 Å². The van der Waals surface area contributed by atoms with E-state index in [1.807, 2.05) is 0 Å². The lowest BCUT2D eigenvalue weighted by molar-refractivity contribution is -0.387. The average Bonchev–Trinajstić information content (AvgIpc) is 2.25. The van der Waals surface area contributed by atoms with Crippen molar-refractivity contribution in [3.63, 3.8) is 0 Å². The Hall–Kier alpha value is -1.36. The standard InChI is InChI=1S/C8H4Cl2N2O4S/c9-3-5-1-2-7(12(13)14)8(6(5)4-11)17(10,15)16/h1-2H,3H2. The summed E-state index contributed by atoms with van der Waals surface area (Å²) in [7, 11) is 0.690. The Morgan fingerprint density at radius 1 is 1.47 bits per heavy atom. The van der Waals surface area contributed by atoms with Crippen LogP contribution in [0.5, 0.6) is 0 Å². The maximum absolute atomic E-state index is 11.3. The molecule has 0 aliphatic rings. The second kappa shape index (κ2) is 4.87. The van der Waals surface area contributed by atoms with Crippen LogP contribution in [0, 0.1) is 21.4 Å². The van der Waals surface area contributed by atoms with Gasteiger partial charge in [-0.1, -0.05) is 0 Å². The van der Waals surface area contributed by atoms with Gasteiger partial charge >= 0.3 is 0 Å². The van der Waals surface area contributed by atoms with Gasteiger partial charge in [-0.15, -0.1) is 11.6 Å². The summed E-state index contributed by atoms with van der Waals surface area (Å²) in [5.41, 5.74) is -0.978. The Balaban J connectivity index is 3.83. The molecule has 0 radical (unpaired) electrons. The molecule has 0 aliphatic carbocycles. The van der Waals surface area contributed by atoms with E-state index >= 15 is 0 Å². The van der Waals surface area contributed by atoms with Crippen LogP contribution < -0.4 is 0 Å². The lowest BCUT2D eigenvalue weighted by Gasteiger charge is -2.05. The van der Waals surface area contributed by atoms with Gasteiger partial charge in [-0.25, -0.2) is 8.42 Å². The highest BCUT2D eigenvalue weighted by Crippen LogP contribution is 2.32. The molecule has 1 aromatic carbocycles. The molecule has 0 saturated carbocycles. The maximum Gasteiger partial charge on any atom is 0.290 e. The summed E-state index contributed by atoms with van der Waals surface area (Å²) in [6.45, 7) is 0. The van der Waals surface area contributed by atoms with E-state index < -0.39 is 30.1 Å². The van der Waals surface area contributed by atoms with E-state index in [4.69, 9.17) is 27.5 Å². The van der Waals surface area contributed by atoms with Crippen LogP contribution in [0.4, 0.5) is 5.69 Å². The summed E-state index contributed by atoms with van der Waals surface area (Å²) >= 11 is 5.51. The summed E-state index contributed by atoms with van der Waals surface area (Å²) in [6.07, 6.45) is 0. The molecule has 0 aromatic heterocycles. The van der Waals surface area contributed by atoms with Gasteiger partial charge in [0.05, 0.1) is 10.5 Å². The maximum atomic E-state index is 11.3. The summed E-state index contributed by atoms with van der Waals surface area (Å²) < 4.78 is 22.5. The molecule has 0 aliphatic heterocycles. The fourth-order valence-electron chi connectivity index (χ4n) is 1.24. The van der Waals surface area contributed by atoms with Crippen LogP contribution >= 0.6 is 22.3 Å². The highest BCUT2D eigenvalue weighted by Gasteiger charge is 2.29. The summed E-state index contributed by atoms with van der Waals surface area (Å²) in [4.78, 5) is 8.94. The molecule has 0 spiro atoms. The number of halogens is 2. The third-order valence-corrected chi connectivity index (χ3v) is 3.57. The van der Waals surface area contributed by atoms with Crippen molar-refractivity contribution in [2.24, 2.45) is 0 Å². The van der Waals surface area contributed by atoms with Crippen molar-refractivity contribution in [2.75, 3.05) is 0 Å². The van der Waals surface area contributed by atoms with Crippen molar-refractivity contribution in [1.82, 2.24) is 0 Å². The summed E-state index contributed by atoms with van der Waals surface area (Å²) in [5, 5.41) is 19.5. The zero-order chi connectivity index (χ0) is 13.2. The molecule has 1 rings (SSSR count). The molecule has 9 heteroatoms. The molecule has 0 N–H and O–H groups in total. The molecule has 6 nitrogen and oxygen atoms in total. The third-order valence-electron chi connectivity index (χ3n) is 1.92. The fourth-order valence-corrected chi connectivity index (χ4v) is 2.74. The molecule has 17 heavy (non-hydrogen) atoms. The first-order valence-corrected chi connectivity index (χ1v) is 6.88. The van der Waals surface area contributed by atoms with Crippen LogP contribution in [0.2, 0.25) is 0 Å². The Morgan fingerprint density at radius 2 is 2.06 bits per heavy atom. The van der Waals surface area contributed by atoms with Crippen molar-refractivity contribution in [2.45, 2.75) is 10.8 Å². The Kier molecular flexibility index (Phi) is 3.93. The molecule has 0 heterocycles. The first-order chi connectivity index (χ1) is 7.82. The number of alkyl halides is 1. The molecular weight excluding hydrogens is 291 g/mol. The van der Waals surface area contributed by atoms with E-state index in [0.717, 1.165) is 6.07 Å². The van der Waals surface area contributed by atoms with E-state index in [1.165, 1.54) is 6.07 Å². The smallest absolute Gasteiger partial charge is 0.258 e. The first kappa shape index (κ1) is 13.7. The number of hydrogen-bond acceptors (Lipinski definition) is 5. The van der Waals surface area contributed by atoms with Gasteiger partial charge in [-0.3, -0.25) is 10.1 Å². The Labute approximate surface area is 106 Å². The second-order valence-corrected chi connectivity index (χ2v) is 5.66. The molecule has 0 atom stereocenters. The molecule has 0 fully saturated rings. The minimum Gasteiger partial charge on any atom is -0.258 e. The number of rotatable bonds is 3. The quantitative estimate of drug-likeness (QED) is 0.368. The van der Waals surface area contributed by atoms with Gasteiger partial charge in [0.1, 0.15) is 6.07 Å². The molecule has 0 amide bonds. The number of nitro benzene ring substituents is 1. The molecule has 0 unspecified atom stereocenters. The molecule has 90 valence electrons. The largest absolute Gasteiger partial charge is 0.290 e. The van der Waals surface area contributed by atoms with Crippen molar-refractivity contribution in [3.05, 3.63) is 33.4 Å². The van der Waals surface area contributed by atoms with Gasteiger partial charge in [-0.2, -0.15) is 5.26 Å². The van der Waals surface area contributed by atoms with Crippen molar-refractivity contribution < 1.29 is 13.3 Å². The van der Waals surface area contributed by atoms with Gasteiger partial charge in [-0.05, 0) is 11.6 Å². The highest BCUT2D eigenvalue weighted by molar-refractivity contribution is 8.13. The van der Waals surface area contributed by atoms with Gasteiger partial charge in [0.2, 0.25) is 0 Å². The first-order valence-electron chi connectivity index (χ1n) is 4.04. The zero-order valence-corrected chi connectivity index (χ0v) is 10.4. The number of nitriles is 1. The molecule has 0 bridgehead atoms. The van der Waals surface area contributed by atoms with Crippen LogP contribution in [0.1, 0.15) is 11.1 Å². The van der Waals surface area contributed by atoms with E-state index in [2.05, 4.69) is 0 Å². The van der Waals surface area contributed by atoms with E-state index in [9.17, 15) is 18.5 Å². The highest BCUT2D eigenvalue weighted by atomic mass is 35.7. The predicted molar refractivity (Wildman–Crippen MR) is 60.4 cm³/mol. The second-order valence-electron chi connectivity index (χ2n) is 2.89. The SMILES string of the molecule is N#Cc1c(CCl)ccc([N+](=O)[O-])c1S(=O)(=O)Cl. The van der Waals surface area contributed by atoms with E-state index in [-0.39, 0.29) is 11.4 Å². The van der Waals surface area contributed by atoms with Crippen LogP contribution in [-0.4, -0.2) is 13.3 Å². The van der Waals surface area contributed by atoms with E-state index in [1.54, 1.807) is 6.07 Å². The minimum atomic E-state index is -4.40. The molecular formula is C8H4Cl2N2O4S. The van der Waals surface area contributed by atoms with Crippen molar-refractivity contribution >= 4 is 37.0 Å². The topological polar surface area (TPSA) is 101 Å². The zero-order valence-electron chi connectivity index (χ0n) is 8.05. The lowest BCUT2D eigenvalue weighted by atomic mass is 10.1. The van der Waals surface area contributed by atoms with Crippen LogP contribution in [0.15, 0.2) is 17.0 Å². The Morgan fingerprint density at radius 3 is 2.41 bits per heavy atom. The van der Waals surface area contributed by atoms with Crippen molar-refractivity contribution in [3.8, 4) is 6.07 Å². The number of hydrogen-bond donors (Lipinski definition) is 0. The Bertz CT molecular complexity index is 621. The normalized spacial score (nSPS) is 10.9. The summed E-state index contributed by atoms with van der Waals surface area (Å²) in [5.74, 6) is -0.152. The fraction of sp³-hybridized carbons (Fsp3) is 0.125. The summed E-state index contributed by atoms with van der Waals surface area (Å²) in [6, 6.07) is 3.73. The van der Waals surface area contributed by atoms with Gasteiger partial charge in [0.15, 0.2) is 4.90 Å². The van der Waals surface area contributed by atoms with Gasteiger partial charge < -0.3 is 0 Å². The monoisotopic (exact) mass is 294 g/mol. The van der Waals surface area contributed by atoms with Gasteiger partial charge in [0.25, 0.3) is 14.7 Å². The third kappa shape index (κ3) is 2.66. The number of nitro groups is 1. The van der Waals surface area contributed by atoms with Crippen molar-refractivity contribution in [1.29, 1.82) is 5.26 Å². The number of nitrogens with zero attached hydrogens (tertiary/aromatic N) is 2. The predicted octanol–water partition coefficient (Wildman–Crippen LogP) is 2.13.